The van der Waals surface area contributed by atoms with Crippen LogP contribution < -0.4 is 5.01 Å². The van der Waals surface area contributed by atoms with Crippen LogP contribution in [0, 0.1) is 0 Å². The van der Waals surface area contributed by atoms with Crippen LogP contribution in [0.3, 0.4) is 0 Å². The molecule has 5 heteroatoms. The zero-order valence-electron chi connectivity index (χ0n) is 14.8. The lowest BCUT2D eigenvalue weighted by molar-refractivity contribution is -0.121. The molecule has 1 aliphatic rings. The van der Waals surface area contributed by atoms with Gasteiger partial charge in [-0.1, -0.05) is 77.8 Å². The monoisotopic (exact) mass is 396 g/mol. The number of benzene rings is 3. The van der Waals surface area contributed by atoms with Gasteiger partial charge >= 0.3 is 0 Å². The molecular formula is C22H18Cl2N2O. The largest absolute Gasteiger partial charge is 0.272 e. The van der Waals surface area contributed by atoms with E-state index in [-0.39, 0.29) is 11.8 Å². The molecule has 27 heavy (non-hydrogen) atoms. The number of amides is 1. The van der Waals surface area contributed by atoms with Crippen molar-refractivity contribution in [3.8, 4) is 0 Å². The van der Waals surface area contributed by atoms with Gasteiger partial charge in [0, 0.05) is 23.6 Å². The minimum absolute atomic E-state index is 0.0370. The molecular weight excluding hydrogens is 379 g/mol. The summed E-state index contributed by atoms with van der Waals surface area (Å²) in [6.45, 7) is 0.498. The Bertz CT molecular complexity index is 991. The third-order valence-electron chi connectivity index (χ3n) is 4.82. The van der Waals surface area contributed by atoms with Gasteiger partial charge in [0.05, 0.1) is 11.6 Å². The molecule has 0 spiro atoms. The number of anilines is 1. The van der Waals surface area contributed by atoms with Crippen molar-refractivity contribution in [3.05, 3.63) is 99.5 Å². The molecule has 136 valence electrons. The minimum Gasteiger partial charge on any atom is -0.272 e. The quantitative estimate of drug-likeness (QED) is 0.579. The maximum absolute atomic E-state index is 13.4. The van der Waals surface area contributed by atoms with Gasteiger partial charge in [-0.25, -0.2) is 10.0 Å². The Labute approximate surface area is 168 Å². The summed E-state index contributed by atoms with van der Waals surface area (Å²) in [5, 5.41) is 4.84. The van der Waals surface area contributed by atoms with Crippen LogP contribution in [0.4, 0.5) is 5.69 Å². The second-order valence-electron chi connectivity index (χ2n) is 6.60. The van der Waals surface area contributed by atoms with Crippen molar-refractivity contribution in [2.75, 3.05) is 12.1 Å². The van der Waals surface area contributed by atoms with E-state index in [9.17, 15) is 4.79 Å². The summed E-state index contributed by atoms with van der Waals surface area (Å²) in [4.78, 5) is 13.4. The molecule has 1 amide bonds. The van der Waals surface area contributed by atoms with Gasteiger partial charge in [0.25, 0.3) is 5.91 Å². The highest BCUT2D eigenvalue weighted by Gasteiger charge is 2.40. The van der Waals surface area contributed by atoms with E-state index in [2.05, 4.69) is 0 Å². The molecule has 1 unspecified atom stereocenters. The highest BCUT2D eigenvalue weighted by atomic mass is 35.5. The number of hydrogen-bond acceptors (Lipinski definition) is 2. The van der Waals surface area contributed by atoms with Crippen molar-refractivity contribution in [2.45, 2.75) is 12.5 Å². The van der Waals surface area contributed by atoms with Gasteiger partial charge in [-0.2, -0.15) is 0 Å². The van der Waals surface area contributed by atoms with Crippen molar-refractivity contribution < 1.29 is 4.79 Å². The first-order chi connectivity index (χ1) is 13.1. The van der Waals surface area contributed by atoms with E-state index in [0.717, 1.165) is 22.4 Å². The van der Waals surface area contributed by atoms with Crippen LogP contribution in [0.1, 0.15) is 22.6 Å². The summed E-state index contributed by atoms with van der Waals surface area (Å²) in [5.74, 6) is -0.263. The summed E-state index contributed by atoms with van der Waals surface area (Å²) in [6, 6.07) is 23.2. The average molecular weight is 397 g/mol. The number of carbonyl (C=O) groups is 1. The number of rotatable bonds is 4. The van der Waals surface area contributed by atoms with Crippen molar-refractivity contribution in [3.63, 3.8) is 0 Å². The zero-order chi connectivity index (χ0) is 19.0. The topological polar surface area (TPSA) is 23.6 Å². The molecule has 4 rings (SSSR count). The van der Waals surface area contributed by atoms with E-state index in [1.807, 2.05) is 78.8 Å². The predicted molar refractivity (Wildman–Crippen MR) is 110 cm³/mol. The second-order valence-corrected chi connectivity index (χ2v) is 7.45. The predicted octanol–water partition coefficient (Wildman–Crippen LogP) is 5.52. The van der Waals surface area contributed by atoms with Gasteiger partial charge < -0.3 is 0 Å². The van der Waals surface area contributed by atoms with E-state index < -0.39 is 0 Å². The Hall–Kier alpha value is -2.33. The van der Waals surface area contributed by atoms with E-state index in [1.165, 1.54) is 0 Å². The average Bonchev–Trinajstić information content (AvgIpc) is 2.96. The molecule has 0 saturated carbocycles. The highest BCUT2D eigenvalue weighted by Crippen LogP contribution is 2.41. The van der Waals surface area contributed by atoms with Crippen LogP contribution >= 0.6 is 23.2 Å². The summed E-state index contributed by atoms with van der Waals surface area (Å²) in [5.41, 5.74) is 3.83. The van der Waals surface area contributed by atoms with Gasteiger partial charge in [-0.05, 0) is 34.9 Å². The number of para-hydroxylation sites is 1. The Morgan fingerprint density at radius 1 is 0.963 bits per heavy atom. The second kappa shape index (κ2) is 7.35. The molecule has 0 aliphatic carbocycles. The van der Waals surface area contributed by atoms with Gasteiger partial charge in [0.15, 0.2) is 0 Å². The third kappa shape index (κ3) is 3.34. The maximum Gasteiger partial charge on any atom is 0.253 e. The van der Waals surface area contributed by atoms with Gasteiger partial charge in [-0.3, -0.25) is 4.79 Å². The maximum atomic E-state index is 13.4. The Morgan fingerprint density at radius 2 is 1.67 bits per heavy atom. The fourth-order valence-corrected chi connectivity index (χ4v) is 4.05. The summed E-state index contributed by atoms with van der Waals surface area (Å²) >= 11 is 12.3. The Morgan fingerprint density at radius 3 is 2.41 bits per heavy atom. The van der Waals surface area contributed by atoms with Crippen LogP contribution in [0.25, 0.3) is 0 Å². The fourth-order valence-electron chi connectivity index (χ4n) is 3.59. The van der Waals surface area contributed by atoms with Crippen molar-refractivity contribution in [2.24, 2.45) is 0 Å². The van der Waals surface area contributed by atoms with E-state index >= 15 is 0 Å². The van der Waals surface area contributed by atoms with Crippen LogP contribution in [0.2, 0.25) is 10.0 Å². The molecule has 0 fully saturated rings. The van der Waals surface area contributed by atoms with E-state index in [4.69, 9.17) is 23.2 Å². The first-order valence-corrected chi connectivity index (χ1v) is 9.44. The van der Waals surface area contributed by atoms with Crippen LogP contribution in [0.5, 0.6) is 0 Å². The van der Waals surface area contributed by atoms with Gasteiger partial charge in [0.2, 0.25) is 0 Å². The van der Waals surface area contributed by atoms with Crippen LogP contribution in [-0.2, 0) is 11.3 Å². The standard InChI is InChI=1S/C22H18Cl2N2O/c1-25(14-16-11-12-17(23)13-19(16)24)26-20-10-6-5-9-18(20)21(22(26)27)15-7-3-2-4-8-15/h2-13,21H,14H2,1H3. The summed E-state index contributed by atoms with van der Waals surface area (Å²) in [6.07, 6.45) is 0. The molecule has 1 atom stereocenters. The molecule has 0 bridgehead atoms. The molecule has 3 aromatic rings. The molecule has 0 saturated heterocycles. The van der Waals surface area contributed by atoms with E-state index in [1.54, 1.807) is 11.1 Å². The Kier molecular flexibility index (Phi) is 4.92. The molecule has 0 N–H and O–H groups in total. The van der Waals surface area contributed by atoms with Gasteiger partial charge in [0.1, 0.15) is 0 Å². The van der Waals surface area contributed by atoms with Crippen molar-refractivity contribution in [1.29, 1.82) is 0 Å². The van der Waals surface area contributed by atoms with Crippen LogP contribution in [-0.4, -0.2) is 18.0 Å². The molecule has 1 heterocycles. The number of hydrazine groups is 1. The molecule has 0 aromatic heterocycles. The molecule has 3 nitrogen and oxygen atoms in total. The lowest BCUT2D eigenvalue weighted by atomic mass is 9.93. The first kappa shape index (κ1) is 18.1. The fraction of sp³-hybridized carbons (Fsp3) is 0.136. The number of fused-ring (bicyclic) bond motifs is 1. The van der Waals surface area contributed by atoms with E-state index in [0.29, 0.717) is 16.6 Å². The molecule has 0 radical (unpaired) electrons. The normalized spacial score (nSPS) is 16.1. The molecule has 1 aliphatic heterocycles. The van der Waals surface area contributed by atoms with Crippen LogP contribution in [0.15, 0.2) is 72.8 Å². The first-order valence-electron chi connectivity index (χ1n) is 8.69. The number of hydrogen-bond donors (Lipinski definition) is 0. The SMILES string of the molecule is CN(Cc1ccc(Cl)cc1Cl)N1C(=O)C(c2ccccc2)c2ccccc21. The van der Waals surface area contributed by atoms with Crippen molar-refractivity contribution >= 4 is 34.8 Å². The summed E-state index contributed by atoms with van der Waals surface area (Å²) in [7, 11) is 1.90. The minimum atomic E-state index is -0.300. The zero-order valence-corrected chi connectivity index (χ0v) is 16.3. The summed E-state index contributed by atoms with van der Waals surface area (Å²) < 4.78 is 0. The molecule has 3 aromatic carbocycles. The lowest BCUT2D eigenvalue weighted by Gasteiger charge is -2.29. The Balaban J connectivity index is 1.69. The number of carbonyl (C=O) groups excluding carboxylic acids is 1. The highest BCUT2D eigenvalue weighted by molar-refractivity contribution is 6.35. The lowest BCUT2D eigenvalue weighted by Crippen LogP contribution is -2.42. The number of nitrogens with zero attached hydrogens (tertiary/aromatic N) is 2. The van der Waals surface area contributed by atoms with Gasteiger partial charge in [-0.15, -0.1) is 0 Å². The smallest absolute Gasteiger partial charge is 0.253 e. The number of halogens is 2. The third-order valence-corrected chi connectivity index (χ3v) is 5.41. The van der Waals surface area contributed by atoms with Crippen molar-refractivity contribution in [1.82, 2.24) is 5.01 Å².